The molecule has 0 fully saturated rings. The number of nitriles is 1. The van der Waals surface area contributed by atoms with Gasteiger partial charge in [-0.1, -0.05) is 44.2 Å². The molecule has 0 atom stereocenters. The molecule has 0 saturated carbocycles. The number of halogens is 1. The van der Waals surface area contributed by atoms with Gasteiger partial charge in [0.25, 0.3) is 0 Å². The molecular formula is C17H16FNO. The molecule has 0 saturated heterocycles. The van der Waals surface area contributed by atoms with Crippen LogP contribution in [-0.4, -0.2) is 0 Å². The lowest BCUT2D eigenvalue weighted by Gasteiger charge is -2.14. The van der Waals surface area contributed by atoms with Crippen LogP contribution < -0.4 is 4.74 Å². The van der Waals surface area contributed by atoms with Crippen LogP contribution in [0, 0.1) is 17.1 Å². The molecule has 20 heavy (non-hydrogen) atoms. The van der Waals surface area contributed by atoms with Crippen molar-refractivity contribution < 1.29 is 9.13 Å². The van der Waals surface area contributed by atoms with Crippen LogP contribution in [0.2, 0.25) is 0 Å². The maximum atomic E-state index is 13.9. The van der Waals surface area contributed by atoms with Crippen molar-refractivity contribution in [2.24, 2.45) is 0 Å². The first-order valence-electron chi connectivity index (χ1n) is 6.52. The van der Waals surface area contributed by atoms with Gasteiger partial charge in [-0.05, 0) is 23.6 Å². The Labute approximate surface area is 118 Å². The van der Waals surface area contributed by atoms with Gasteiger partial charge in [0, 0.05) is 5.56 Å². The zero-order chi connectivity index (χ0) is 14.5. The second-order valence-corrected chi connectivity index (χ2v) is 4.87. The molecule has 0 radical (unpaired) electrons. The van der Waals surface area contributed by atoms with Crippen molar-refractivity contribution in [3.8, 4) is 11.8 Å². The van der Waals surface area contributed by atoms with Gasteiger partial charge in [-0.2, -0.15) is 5.26 Å². The minimum atomic E-state index is -0.503. The van der Waals surface area contributed by atoms with Crippen molar-refractivity contribution in [1.29, 1.82) is 5.26 Å². The quantitative estimate of drug-likeness (QED) is 0.824. The van der Waals surface area contributed by atoms with Gasteiger partial charge in [0.05, 0.1) is 5.56 Å². The Morgan fingerprint density at radius 3 is 2.60 bits per heavy atom. The number of hydrogen-bond donors (Lipinski definition) is 0. The highest BCUT2D eigenvalue weighted by molar-refractivity contribution is 5.37. The number of ether oxygens (including phenoxy) is 1. The summed E-state index contributed by atoms with van der Waals surface area (Å²) in [7, 11) is 0. The smallest absolute Gasteiger partial charge is 0.147 e. The maximum Gasteiger partial charge on any atom is 0.147 e. The SMILES string of the molecule is CC(C)c1ccccc1OCc1cccc(C#N)c1F. The van der Waals surface area contributed by atoms with E-state index in [-0.39, 0.29) is 12.2 Å². The third kappa shape index (κ3) is 2.97. The molecule has 0 aromatic heterocycles. The normalized spacial score (nSPS) is 10.3. The first kappa shape index (κ1) is 14.1. The number of rotatable bonds is 4. The molecule has 0 spiro atoms. The van der Waals surface area contributed by atoms with E-state index >= 15 is 0 Å². The molecule has 0 N–H and O–H groups in total. The van der Waals surface area contributed by atoms with Crippen molar-refractivity contribution in [1.82, 2.24) is 0 Å². The Balaban J connectivity index is 2.20. The van der Waals surface area contributed by atoms with Crippen molar-refractivity contribution in [3.63, 3.8) is 0 Å². The van der Waals surface area contributed by atoms with E-state index < -0.39 is 5.82 Å². The topological polar surface area (TPSA) is 33.0 Å². The lowest BCUT2D eigenvalue weighted by Crippen LogP contribution is -2.02. The molecule has 0 amide bonds. The summed E-state index contributed by atoms with van der Waals surface area (Å²) in [5.41, 5.74) is 1.52. The summed E-state index contributed by atoms with van der Waals surface area (Å²) >= 11 is 0. The van der Waals surface area contributed by atoms with Crippen LogP contribution in [0.25, 0.3) is 0 Å². The van der Waals surface area contributed by atoms with Crippen molar-refractivity contribution in [2.45, 2.75) is 26.4 Å². The number of nitrogens with zero attached hydrogens (tertiary/aromatic N) is 1. The van der Waals surface area contributed by atoms with Gasteiger partial charge in [-0.15, -0.1) is 0 Å². The molecule has 102 valence electrons. The van der Waals surface area contributed by atoms with Crippen molar-refractivity contribution >= 4 is 0 Å². The maximum absolute atomic E-state index is 13.9. The third-order valence-electron chi connectivity index (χ3n) is 3.12. The summed E-state index contributed by atoms with van der Waals surface area (Å²) < 4.78 is 19.6. The molecule has 0 heterocycles. The molecule has 2 aromatic rings. The van der Waals surface area contributed by atoms with Crippen LogP contribution >= 0.6 is 0 Å². The first-order valence-corrected chi connectivity index (χ1v) is 6.52. The Kier molecular flexibility index (Phi) is 4.37. The van der Waals surface area contributed by atoms with Crippen LogP contribution in [0.4, 0.5) is 4.39 Å². The van der Waals surface area contributed by atoms with Crippen LogP contribution in [0.15, 0.2) is 42.5 Å². The number of para-hydroxylation sites is 1. The molecule has 0 bridgehead atoms. The van der Waals surface area contributed by atoms with E-state index in [1.807, 2.05) is 30.3 Å². The summed E-state index contributed by atoms with van der Waals surface area (Å²) in [6.07, 6.45) is 0. The fraction of sp³-hybridized carbons (Fsp3) is 0.235. The van der Waals surface area contributed by atoms with Crippen LogP contribution in [-0.2, 0) is 6.61 Å². The number of hydrogen-bond acceptors (Lipinski definition) is 2. The molecule has 2 nitrogen and oxygen atoms in total. The third-order valence-corrected chi connectivity index (χ3v) is 3.12. The zero-order valence-corrected chi connectivity index (χ0v) is 11.6. The van der Waals surface area contributed by atoms with E-state index in [1.54, 1.807) is 12.1 Å². The molecule has 0 aliphatic heterocycles. The summed E-state index contributed by atoms with van der Waals surface area (Å²) in [5.74, 6) is 0.586. The Bertz CT molecular complexity index is 644. The standard InChI is InChI=1S/C17H16FNO/c1-12(2)15-8-3-4-9-16(15)20-11-14-7-5-6-13(10-19)17(14)18/h3-9,12H,11H2,1-2H3. The van der Waals surface area contributed by atoms with Crippen LogP contribution in [0.1, 0.15) is 36.5 Å². The average molecular weight is 269 g/mol. The lowest BCUT2D eigenvalue weighted by atomic mass is 10.0. The fourth-order valence-electron chi connectivity index (χ4n) is 2.02. The van der Waals surface area contributed by atoms with E-state index in [4.69, 9.17) is 10.00 Å². The summed E-state index contributed by atoms with van der Waals surface area (Å²) in [5, 5.41) is 8.81. The van der Waals surface area contributed by atoms with E-state index in [0.29, 0.717) is 11.5 Å². The summed E-state index contributed by atoms with van der Waals surface area (Å²) in [4.78, 5) is 0. The van der Waals surface area contributed by atoms with Crippen molar-refractivity contribution in [3.05, 3.63) is 65.0 Å². The molecule has 0 unspecified atom stereocenters. The molecule has 2 rings (SSSR count). The molecule has 3 heteroatoms. The van der Waals surface area contributed by atoms with Crippen molar-refractivity contribution in [2.75, 3.05) is 0 Å². The second-order valence-electron chi connectivity index (χ2n) is 4.87. The van der Waals surface area contributed by atoms with E-state index in [1.165, 1.54) is 6.07 Å². The highest BCUT2D eigenvalue weighted by Crippen LogP contribution is 2.27. The highest BCUT2D eigenvalue weighted by atomic mass is 19.1. The monoisotopic (exact) mass is 269 g/mol. The zero-order valence-electron chi connectivity index (χ0n) is 11.6. The Morgan fingerprint density at radius 2 is 1.90 bits per heavy atom. The predicted molar refractivity (Wildman–Crippen MR) is 76.0 cm³/mol. The molecular weight excluding hydrogens is 253 g/mol. The first-order chi connectivity index (χ1) is 9.63. The van der Waals surface area contributed by atoms with Gasteiger partial charge >= 0.3 is 0 Å². The number of benzene rings is 2. The summed E-state index contributed by atoms with van der Waals surface area (Å²) in [6.45, 7) is 4.28. The molecule has 0 aliphatic rings. The second kappa shape index (κ2) is 6.21. The Hall–Kier alpha value is -2.34. The van der Waals surface area contributed by atoms with Crippen LogP contribution in [0.5, 0.6) is 5.75 Å². The van der Waals surface area contributed by atoms with Gasteiger partial charge < -0.3 is 4.74 Å². The Morgan fingerprint density at radius 1 is 1.15 bits per heavy atom. The average Bonchev–Trinajstić information content (AvgIpc) is 2.46. The molecule has 2 aromatic carbocycles. The van der Waals surface area contributed by atoms with E-state index in [9.17, 15) is 4.39 Å². The predicted octanol–water partition coefficient (Wildman–Crippen LogP) is 4.40. The minimum absolute atomic E-state index is 0.0447. The minimum Gasteiger partial charge on any atom is -0.489 e. The van der Waals surface area contributed by atoms with E-state index in [2.05, 4.69) is 13.8 Å². The summed E-state index contributed by atoms with van der Waals surface area (Å²) in [6, 6.07) is 14.3. The van der Waals surface area contributed by atoms with Gasteiger partial charge in [-0.25, -0.2) is 4.39 Å². The van der Waals surface area contributed by atoms with Gasteiger partial charge in [0.2, 0.25) is 0 Å². The van der Waals surface area contributed by atoms with Crippen LogP contribution in [0.3, 0.4) is 0 Å². The van der Waals surface area contributed by atoms with Gasteiger partial charge in [-0.3, -0.25) is 0 Å². The van der Waals surface area contributed by atoms with E-state index in [0.717, 1.165) is 11.3 Å². The lowest BCUT2D eigenvalue weighted by molar-refractivity contribution is 0.295. The van der Waals surface area contributed by atoms with Gasteiger partial charge in [0.1, 0.15) is 24.2 Å². The van der Waals surface area contributed by atoms with Gasteiger partial charge in [0.15, 0.2) is 0 Å². The molecule has 0 aliphatic carbocycles. The highest BCUT2D eigenvalue weighted by Gasteiger charge is 2.10. The largest absolute Gasteiger partial charge is 0.489 e. The fourth-order valence-corrected chi connectivity index (χ4v) is 2.02.